The van der Waals surface area contributed by atoms with Crippen LogP contribution in [0, 0.1) is 11.7 Å². The summed E-state index contributed by atoms with van der Waals surface area (Å²) in [5, 5.41) is 0. The standard InChI is InChI=1S/C13H18FNO2S/c14-12-3-1-2-11(8-12)13(9-15)10-4-6-18(16,17)7-5-10/h1-3,8,10,13H,4-7,9,15H2. The average Bonchev–Trinajstić information content (AvgIpc) is 2.32. The molecule has 1 unspecified atom stereocenters. The number of rotatable bonds is 3. The number of benzene rings is 1. The van der Waals surface area contributed by atoms with E-state index in [0.29, 0.717) is 19.4 Å². The molecule has 1 aliphatic rings. The van der Waals surface area contributed by atoms with Crippen LogP contribution in [0.25, 0.3) is 0 Å². The molecular weight excluding hydrogens is 253 g/mol. The Hall–Kier alpha value is -0.940. The summed E-state index contributed by atoms with van der Waals surface area (Å²) in [5.41, 5.74) is 6.66. The number of hydrogen-bond donors (Lipinski definition) is 1. The number of hydrogen-bond acceptors (Lipinski definition) is 3. The van der Waals surface area contributed by atoms with E-state index in [1.54, 1.807) is 6.07 Å². The van der Waals surface area contributed by atoms with E-state index in [1.165, 1.54) is 12.1 Å². The molecule has 0 bridgehead atoms. The Morgan fingerprint density at radius 3 is 2.56 bits per heavy atom. The zero-order valence-electron chi connectivity index (χ0n) is 10.2. The lowest BCUT2D eigenvalue weighted by Gasteiger charge is -2.29. The van der Waals surface area contributed by atoms with Gasteiger partial charge in [0.1, 0.15) is 15.7 Å². The summed E-state index contributed by atoms with van der Waals surface area (Å²) < 4.78 is 36.0. The van der Waals surface area contributed by atoms with Crippen LogP contribution in [0.4, 0.5) is 4.39 Å². The molecule has 0 spiro atoms. The summed E-state index contributed by atoms with van der Waals surface area (Å²) in [4.78, 5) is 0. The van der Waals surface area contributed by atoms with Gasteiger partial charge in [-0.05, 0) is 48.9 Å². The summed E-state index contributed by atoms with van der Waals surface area (Å²) in [6, 6.07) is 6.44. The first-order chi connectivity index (χ1) is 8.52. The molecule has 1 aromatic rings. The molecule has 2 rings (SSSR count). The molecule has 1 atom stereocenters. The molecule has 18 heavy (non-hydrogen) atoms. The van der Waals surface area contributed by atoms with Crippen molar-refractivity contribution in [3.8, 4) is 0 Å². The Labute approximate surface area is 107 Å². The molecule has 0 saturated carbocycles. The van der Waals surface area contributed by atoms with Crippen molar-refractivity contribution in [1.82, 2.24) is 0 Å². The summed E-state index contributed by atoms with van der Waals surface area (Å²) in [6.45, 7) is 0.425. The van der Waals surface area contributed by atoms with Crippen LogP contribution in [0.2, 0.25) is 0 Å². The van der Waals surface area contributed by atoms with Crippen molar-refractivity contribution in [2.75, 3.05) is 18.1 Å². The molecule has 1 aromatic carbocycles. The molecule has 1 heterocycles. The zero-order valence-corrected chi connectivity index (χ0v) is 11.0. The predicted molar refractivity (Wildman–Crippen MR) is 69.6 cm³/mol. The van der Waals surface area contributed by atoms with Gasteiger partial charge in [0.25, 0.3) is 0 Å². The quantitative estimate of drug-likeness (QED) is 0.910. The van der Waals surface area contributed by atoms with Crippen LogP contribution in [0.5, 0.6) is 0 Å². The van der Waals surface area contributed by atoms with E-state index in [2.05, 4.69) is 0 Å². The summed E-state index contributed by atoms with van der Waals surface area (Å²) in [5.74, 6) is 0.471. The highest BCUT2D eigenvalue weighted by Crippen LogP contribution is 2.32. The highest BCUT2D eigenvalue weighted by atomic mass is 32.2. The molecule has 1 aliphatic heterocycles. The SMILES string of the molecule is NCC(c1cccc(F)c1)C1CCS(=O)(=O)CC1. The van der Waals surface area contributed by atoms with Crippen molar-refractivity contribution in [2.45, 2.75) is 18.8 Å². The Bertz CT molecular complexity index is 501. The molecule has 0 aromatic heterocycles. The van der Waals surface area contributed by atoms with Crippen molar-refractivity contribution in [1.29, 1.82) is 0 Å². The second kappa shape index (κ2) is 5.36. The van der Waals surface area contributed by atoms with E-state index in [4.69, 9.17) is 5.73 Å². The smallest absolute Gasteiger partial charge is 0.150 e. The van der Waals surface area contributed by atoms with Gasteiger partial charge in [-0.15, -0.1) is 0 Å². The minimum Gasteiger partial charge on any atom is -0.330 e. The second-order valence-electron chi connectivity index (χ2n) is 4.89. The minimum atomic E-state index is -2.86. The molecular formula is C13H18FNO2S. The molecule has 0 radical (unpaired) electrons. The van der Waals surface area contributed by atoms with Crippen LogP contribution in [-0.2, 0) is 9.84 Å². The number of sulfone groups is 1. The van der Waals surface area contributed by atoms with Crippen LogP contribution >= 0.6 is 0 Å². The lowest BCUT2D eigenvalue weighted by molar-refractivity contribution is 0.388. The third-order valence-electron chi connectivity index (χ3n) is 3.70. The monoisotopic (exact) mass is 271 g/mol. The van der Waals surface area contributed by atoms with E-state index in [1.807, 2.05) is 6.07 Å². The third kappa shape index (κ3) is 3.09. The molecule has 3 nitrogen and oxygen atoms in total. The highest BCUT2D eigenvalue weighted by molar-refractivity contribution is 7.91. The van der Waals surface area contributed by atoms with E-state index < -0.39 is 9.84 Å². The molecule has 2 N–H and O–H groups in total. The van der Waals surface area contributed by atoms with Gasteiger partial charge in [-0.2, -0.15) is 0 Å². The Morgan fingerprint density at radius 1 is 1.33 bits per heavy atom. The molecule has 0 amide bonds. The van der Waals surface area contributed by atoms with Crippen LogP contribution < -0.4 is 5.73 Å². The van der Waals surface area contributed by atoms with Gasteiger partial charge in [-0.25, -0.2) is 12.8 Å². The zero-order chi connectivity index (χ0) is 13.2. The van der Waals surface area contributed by atoms with Gasteiger partial charge < -0.3 is 5.73 Å². The van der Waals surface area contributed by atoms with Crippen molar-refractivity contribution in [2.24, 2.45) is 11.7 Å². The van der Waals surface area contributed by atoms with Gasteiger partial charge in [-0.3, -0.25) is 0 Å². The van der Waals surface area contributed by atoms with Crippen molar-refractivity contribution >= 4 is 9.84 Å². The fourth-order valence-electron chi connectivity index (χ4n) is 2.65. The maximum Gasteiger partial charge on any atom is 0.150 e. The van der Waals surface area contributed by atoms with E-state index in [0.717, 1.165) is 5.56 Å². The fraction of sp³-hybridized carbons (Fsp3) is 0.538. The molecule has 100 valence electrons. The predicted octanol–water partition coefficient (Wildman–Crippen LogP) is 1.69. The van der Waals surface area contributed by atoms with Crippen molar-refractivity contribution in [3.05, 3.63) is 35.6 Å². The summed E-state index contributed by atoms with van der Waals surface area (Å²) in [6.07, 6.45) is 1.25. The normalized spacial score (nSPS) is 21.7. The van der Waals surface area contributed by atoms with Crippen molar-refractivity contribution in [3.63, 3.8) is 0 Å². The molecule has 1 saturated heterocycles. The fourth-order valence-corrected chi connectivity index (χ4v) is 4.18. The summed E-state index contributed by atoms with van der Waals surface area (Å²) >= 11 is 0. The lowest BCUT2D eigenvalue weighted by Crippen LogP contribution is -2.30. The van der Waals surface area contributed by atoms with E-state index in [9.17, 15) is 12.8 Å². The van der Waals surface area contributed by atoms with E-state index >= 15 is 0 Å². The second-order valence-corrected chi connectivity index (χ2v) is 7.19. The van der Waals surface area contributed by atoms with E-state index in [-0.39, 0.29) is 29.2 Å². The first-order valence-corrected chi connectivity index (χ1v) is 8.00. The molecule has 5 heteroatoms. The number of halogens is 1. The highest BCUT2D eigenvalue weighted by Gasteiger charge is 2.29. The summed E-state index contributed by atoms with van der Waals surface area (Å²) in [7, 11) is -2.86. The average molecular weight is 271 g/mol. The maximum atomic E-state index is 13.2. The maximum absolute atomic E-state index is 13.2. The van der Waals surface area contributed by atoms with Gasteiger partial charge in [-0.1, -0.05) is 12.1 Å². The van der Waals surface area contributed by atoms with Crippen molar-refractivity contribution < 1.29 is 12.8 Å². The van der Waals surface area contributed by atoms with Crippen LogP contribution in [0.1, 0.15) is 24.3 Å². The lowest BCUT2D eigenvalue weighted by atomic mass is 9.82. The Balaban J connectivity index is 2.15. The minimum absolute atomic E-state index is 0.0520. The van der Waals surface area contributed by atoms with Crippen LogP contribution in [0.3, 0.4) is 0 Å². The topological polar surface area (TPSA) is 60.2 Å². The largest absolute Gasteiger partial charge is 0.330 e. The Morgan fingerprint density at radius 2 is 2.00 bits per heavy atom. The molecule has 1 fully saturated rings. The first kappa shape index (κ1) is 13.5. The number of nitrogens with two attached hydrogens (primary N) is 1. The molecule has 0 aliphatic carbocycles. The van der Waals surface area contributed by atoms with Gasteiger partial charge in [0.2, 0.25) is 0 Å². The van der Waals surface area contributed by atoms with Gasteiger partial charge >= 0.3 is 0 Å². The van der Waals surface area contributed by atoms with Gasteiger partial charge in [0.05, 0.1) is 11.5 Å². The third-order valence-corrected chi connectivity index (χ3v) is 5.41. The van der Waals surface area contributed by atoms with Gasteiger partial charge in [0.15, 0.2) is 0 Å². The van der Waals surface area contributed by atoms with Gasteiger partial charge in [0, 0.05) is 0 Å². The Kier molecular flexibility index (Phi) is 4.02. The van der Waals surface area contributed by atoms with Crippen LogP contribution in [0.15, 0.2) is 24.3 Å². The first-order valence-electron chi connectivity index (χ1n) is 6.18. The van der Waals surface area contributed by atoms with Crippen LogP contribution in [-0.4, -0.2) is 26.5 Å².